The summed E-state index contributed by atoms with van der Waals surface area (Å²) >= 11 is 0. The van der Waals surface area contributed by atoms with Gasteiger partial charge in [0.05, 0.1) is 12.6 Å². The van der Waals surface area contributed by atoms with Crippen molar-refractivity contribution in [3.05, 3.63) is 0 Å². The van der Waals surface area contributed by atoms with Crippen molar-refractivity contribution in [1.29, 1.82) is 0 Å². The first-order chi connectivity index (χ1) is 9.82. The number of nitrogens with one attached hydrogen (secondary N) is 1. The Morgan fingerprint density at radius 3 is 2.43 bits per heavy atom. The van der Waals surface area contributed by atoms with Crippen LogP contribution in [0.4, 0.5) is 0 Å². The number of carbonyl (C=O) groups is 2. The van der Waals surface area contributed by atoms with Crippen LogP contribution in [0, 0.1) is 17.8 Å². The summed E-state index contributed by atoms with van der Waals surface area (Å²) in [6, 6.07) is -0.549. The van der Waals surface area contributed by atoms with Crippen molar-refractivity contribution in [2.24, 2.45) is 23.5 Å². The molecule has 2 amide bonds. The standard InChI is InChI=1S/C16H31N3O2/c1-11(2)13-6-5-8-19(9-7-13)14(20)10-18-16(21)15(17)12(3)4/h11-13,15H,5-10,17H2,1-4H3,(H,18,21)/t13?,15-/m0/s1. The number of hydrogen-bond donors (Lipinski definition) is 2. The van der Waals surface area contributed by atoms with Gasteiger partial charge in [0, 0.05) is 13.1 Å². The highest BCUT2D eigenvalue weighted by Gasteiger charge is 2.23. The SMILES string of the molecule is CC(C)C1CCCN(C(=O)CNC(=O)[C@@H](N)C(C)C)CC1. The average molecular weight is 297 g/mol. The molecule has 0 aromatic rings. The Balaban J connectivity index is 2.40. The zero-order valence-corrected chi connectivity index (χ0v) is 13.9. The van der Waals surface area contributed by atoms with E-state index < -0.39 is 6.04 Å². The largest absolute Gasteiger partial charge is 0.346 e. The third kappa shape index (κ3) is 5.65. The summed E-state index contributed by atoms with van der Waals surface area (Å²) in [5.74, 6) is 1.21. The fraction of sp³-hybridized carbons (Fsp3) is 0.875. The van der Waals surface area contributed by atoms with Gasteiger partial charge < -0.3 is 16.0 Å². The fourth-order valence-corrected chi connectivity index (χ4v) is 2.73. The Hall–Kier alpha value is -1.10. The number of amides is 2. The molecule has 122 valence electrons. The van der Waals surface area contributed by atoms with E-state index in [0.717, 1.165) is 25.9 Å². The van der Waals surface area contributed by atoms with Gasteiger partial charge in [-0.1, -0.05) is 27.7 Å². The van der Waals surface area contributed by atoms with E-state index in [1.165, 1.54) is 6.42 Å². The summed E-state index contributed by atoms with van der Waals surface area (Å²) in [4.78, 5) is 25.8. The molecule has 3 N–H and O–H groups in total. The maximum atomic E-state index is 12.2. The molecule has 0 aliphatic carbocycles. The van der Waals surface area contributed by atoms with Crippen LogP contribution in [0.3, 0.4) is 0 Å². The van der Waals surface area contributed by atoms with Crippen LogP contribution in [0.2, 0.25) is 0 Å². The molecule has 1 heterocycles. The molecule has 1 saturated heterocycles. The summed E-state index contributed by atoms with van der Waals surface area (Å²) < 4.78 is 0. The van der Waals surface area contributed by atoms with Gasteiger partial charge in [-0.15, -0.1) is 0 Å². The maximum Gasteiger partial charge on any atom is 0.241 e. The molecule has 5 nitrogen and oxygen atoms in total. The molecule has 0 aromatic heterocycles. The van der Waals surface area contributed by atoms with Gasteiger partial charge in [0.1, 0.15) is 0 Å². The van der Waals surface area contributed by atoms with Crippen molar-refractivity contribution in [2.75, 3.05) is 19.6 Å². The van der Waals surface area contributed by atoms with Gasteiger partial charge in [-0.05, 0) is 37.0 Å². The van der Waals surface area contributed by atoms with Gasteiger partial charge in [-0.25, -0.2) is 0 Å². The molecule has 5 heteroatoms. The second-order valence-electron chi connectivity index (χ2n) is 6.80. The Bertz CT molecular complexity index is 355. The molecule has 0 bridgehead atoms. The monoisotopic (exact) mass is 297 g/mol. The lowest BCUT2D eigenvalue weighted by molar-refractivity contribution is -0.133. The Kier molecular flexibility index (Phi) is 7.15. The molecule has 21 heavy (non-hydrogen) atoms. The van der Waals surface area contributed by atoms with E-state index in [9.17, 15) is 9.59 Å². The molecule has 1 aliphatic rings. The van der Waals surface area contributed by atoms with Crippen LogP contribution in [0.1, 0.15) is 47.0 Å². The van der Waals surface area contributed by atoms with Crippen molar-refractivity contribution in [2.45, 2.75) is 53.0 Å². The Labute approximate surface area is 128 Å². The molecule has 0 spiro atoms. The van der Waals surface area contributed by atoms with Crippen LogP contribution >= 0.6 is 0 Å². The molecule has 1 aliphatic heterocycles. The van der Waals surface area contributed by atoms with Gasteiger partial charge in [-0.3, -0.25) is 9.59 Å². The lowest BCUT2D eigenvalue weighted by Gasteiger charge is -2.22. The minimum Gasteiger partial charge on any atom is -0.346 e. The summed E-state index contributed by atoms with van der Waals surface area (Å²) in [5, 5.41) is 2.66. The summed E-state index contributed by atoms with van der Waals surface area (Å²) in [5.41, 5.74) is 5.76. The maximum absolute atomic E-state index is 12.2. The van der Waals surface area contributed by atoms with E-state index in [1.807, 2.05) is 18.7 Å². The van der Waals surface area contributed by atoms with Gasteiger partial charge >= 0.3 is 0 Å². The quantitative estimate of drug-likeness (QED) is 0.805. The predicted octanol–water partition coefficient (Wildman–Crippen LogP) is 1.37. The highest BCUT2D eigenvalue weighted by molar-refractivity contribution is 5.87. The van der Waals surface area contributed by atoms with Gasteiger partial charge in [0.25, 0.3) is 0 Å². The van der Waals surface area contributed by atoms with Crippen molar-refractivity contribution in [3.8, 4) is 0 Å². The first kappa shape index (κ1) is 18.0. The van der Waals surface area contributed by atoms with Crippen molar-refractivity contribution < 1.29 is 9.59 Å². The first-order valence-electron chi connectivity index (χ1n) is 8.14. The van der Waals surface area contributed by atoms with E-state index >= 15 is 0 Å². The van der Waals surface area contributed by atoms with E-state index in [-0.39, 0.29) is 24.3 Å². The van der Waals surface area contributed by atoms with Crippen molar-refractivity contribution >= 4 is 11.8 Å². The third-order valence-electron chi connectivity index (χ3n) is 4.50. The van der Waals surface area contributed by atoms with Crippen molar-refractivity contribution in [3.63, 3.8) is 0 Å². The molecular weight excluding hydrogens is 266 g/mol. The lowest BCUT2D eigenvalue weighted by Crippen LogP contribution is -2.48. The third-order valence-corrected chi connectivity index (χ3v) is 4.50. The minimum absolute atomic E-state index is 0.00344. The first-order valence-corrected chi connectivity index (χ1v) is 8.14. The molecular formula is C16H31N3O2. The topological polar surface area (TPSA) is 75.4 Å². The number of carbonyl (C=O) groups excluding carboxylic acids is 2. The number of nitrogens with zero attached hydrogens (tertiary/aromatic N) is 1. The van der Waals surface area contributed by atoms with Crippen LogP contribution in [-0.2, 0) is 9.59 Å². The minimum atomic E-state index is -0.549. The normalized spacial score (nSPS) is 21.3. The fourth-order valence-electron chi connectivity index (χ4n) is 2.73. The van der Waals surface area contributed by atoms with Gasteiger partial charge in [0.2, 0.25) is 11.8 Å². The van der Waals surface area contributed by atoms with Crippen LogP contribution < -0.4 is 11.1 Å². The van der Waals surface area contributed by atoms with E-state index in [4.69, 9.17) is 5.73 Å². The molecule has 1 rings (SSSR count). The number of hydrogen-bond acceptors (Lipinski definition) is 3. The van der Waals surface area contributed by atoms with Gasteiger partial charge in [0.15, 0.2) is 0 Å². The predicted molar refractivity (Wildman–Crippen MR) is 84.6 cm³/mol. The second kappa shape index (κ2) is 8.37. The highest BCUT2D eigenvalue weighted by atomic mass is 16.2. The molecule has 0 saturated carbocycles. The molecule has 1 fully saturated rings. The van der Waals surface area contributed by atoms with E-state index in [2.05, 4.69) is 19.2 Å². The lowest BCUT2D eigenvalue weighted by atomic mass is 9.89. The summed E-state index contributed by atoms with van der Waals surface area (Å²) in [6.07, 6.45) is 3.29. The molecule has 0 radical (unpaired) electrons. The zero-order chi connectivity index (χ0) is 16.0. The smallest absolute Gasteiger partial charge is 0.241 e. The second-order valence-corrected chi connectivity index (χ2v) is 6.80. The zero-order valence-electron chi connectivity index (χ0n) is 13.9. The molecule has 0 aromatic carbocycles. The van der Waals surface area contributed by atoms with Crippen LogP contribution in [0.5, 0.6) is 0 Å². The van der Waals surface area contributed by atoms with Gasteiger partial charge in [-0.2, -0.15) is 0 Å². The molecule has 2 atom stereocenters. The van der Waals surface area contributed by atoms with Crippen LogP contribution in [-0.4, -0.2) is 42.4 Å². The summed E-state index contributed by atoms with van der Waals surface area (Å²) in [6.45, 7) is 9.94. The summed E-state index contributed by atoms with van der Waals surface area (Å²) in [7, 11) is 0. The highest BCUT2D eigenvalue weighted by Crippen LogP contribution is 2.24. The van der Waals surface area contributed by atoms with Crippen LogP contribution in [0.25, 0.3) is 0 Å². The van der Waals surface area contributed by atoms with Crippen LogP contribution in [0.15, 0.2) is 0 Å². The van der Waals surface area contributed by atoms with E-state index in [1.54, 1.807) is 0 Å². The van der Waals surface area contributed by atoms with E-state index in [0.29, 0.717) is 11.8 Å². The molecule has 1 unspecified atom stereocenters. The Morgan fingerprint density at radius 2 is 1.86 bits per heavy atom. The van der Waals surface area contributed by atoms with Crippen molar-refractivity contribution in [1.82, 2.24) is 10.2 Å². The number of nitrogens with two attached hydrogens (primary N) is 1. The number of likely N-dealkylation sites (tertiary alicyclic amines) is 1. The number of rotatable bonds is 5. The Morgan fingerprint density at radius 1 is 1.19 bits per heavy atom. The average Bonchev–Trinajstić information content (AvgIpc) is 2.69.